The third kappa shape index (κ3) is 3.70. The van der Waals surface area contributed by atoms with E-state index in [1.807, 2.05) is 11.4 Å². The number of carbonyl (C=O) groups excluding carboxylic acids is 1. The number of rotatable bonds is 2. The van der Waals surface area contributed by atoms with Gasteiger partial charge in [0, 0.05) is 30.7 Å². The first-order valence-corrected chi connectivity index (χ1v) is 9.64. The monoisotopic (exact) mass is 415 g/mol. The zero-order valence-electron chi connectivity index (χ0n) is 14.7. The molecule has 10 heteroatoms. The molecule has 1 unspecified atom stereocenters. The van der Waals surface area contributed by atoms with Crippen LogP contribution in [-0.4, -0.2) is 48.1 Å². The highest BCUT2D eigenvalue weighted by molar-refractivity contribution is 7.10. The van der Waals surface area contributed by atoms with Gasteiger partial charge in [-0.2, -0.15) is 13.2 Å². The average molecular weight is 415 g/mol. The number of amides is 1. The Morgan fingerprint density at radius 3 is 2.89 bits per heavy atom. The lowest BCUT2D eigenvalue weighted by molar-refractivity contribution is -0.145. The standard InChI is InChI=1S/C18H17F4N3O2S/c19-13-7-12(18(20,21)22)8-23-16(13)24-4-5-27-14(10-24)17(26)25-3-1-15-11(9-25)2-6-28-15/h2,6-8,14H,1,3-5,9-10H2. The van der Waals surface area contributed by atoms with Gasteiger partial charge in [0.05, 0.1) is 18.7 Å². The van der Waals surface area contributed by atoms with Crippen molar-refractivity contribution < 1.29 is 27.1 Å². The van der Waals surface area contributed by atoms with E-state index in [1.165, 1.54) is 9.78 Å². The Balaban J connectivity index is 1.47. The zero-order chi connectivity index (χ0) is 19.9. The first-order valence-electron chi connectivity index (χ1n) is 8.76. The Labute approximate surface area is 162 Å². The van der Waals surface area contributed by atoms with Crippen LogP contribution in [0.3, 0.4) is 0 Å². The van der Waals surface area contributed by atoms with Crippen molar-refractivity contribution in [3.05, 3.63) is 45.5 Å². The molecule has 0 saturated carbocycles. The third-order valence-corrected chi connectivity index (χ3v) is 5.93. The van der Waals surface area contributed by atoms with Gasteiger partial charge in [-0.25, -0.2) is 9.37 Å². The van der Waals surface area contributed by atoms with Gasteiger partial charge < -0.3 is 14.5 Å². The van der Waals surface area contributed by atoms with Crippen molar-refractivity contribution >= 4 is 23.1 Å². The summed E-state index contributed by atoms with van der Waals surface area (Å²) in [5.41, 5.74) is -0.0257. The van der Waals surface area contributed by atoms with E-state index in [9.17, 15) is 22.4 Å². The second-order valence-corrected chi connectivity index (χ2v) is 7.71. The maximum Gasteiger partial charge on any atom is 0.417 e. The van der Waals surface area contributed by atoms with Crippen molar-refractivity contribution in [1.82, 2.24) is 9.88 Å². The van der Waals surface area contributed by atoms with E-state index in [1.54, 1.807) is 16.2 Å². The van der Waals surface area contributed by atoms with Crippen LogP contribution >= 0.6 is 11.3 Å². The number of pyridine rings is 1. The van der Waals surface area contributed by atoms with Crippen LogP contribution in [0.5, 0.6) is 0 Å². The first-order chi connectivity index (χ1) is 13.3. The van der Waals surface area contributed by atoms with E-state index in [0.29, 0.717) is 25.4 Å². The van der Waals surface area contributed by atoms with Crippen LogP contribution in [0.4, 0.5) is 23.4 Å². The number of morpholine rings is 1. The molecule has 2 aliphatic heterocycles. The van der Waals surface area contributed by atoms with Gasteiger partial charge in [-0.3, -0.25) is 4.79 Å². The fraction of sp³-hybridized carbons (Fsp3) is 0.444. The van der Waals surface area contributed by atoms with Gasteiger partial charge in [0.2, 0.25) is 0 Å². The Morgan fingerprint density at radius 1 is 1.32 bits per heavy atom. The number of fused-ring (bicyclic) bond motifs is 1. The fourth-order valence-electron chi connectivity index (χ4n) is 3.45. The number of nitrogens with zero attached hydrogens (tertiary/aromatic N) is 3. The molecule has 1 atom stereocenters. The molecule has 0 aromatic carbocycles. The number of hydrogen-bond donors (Lipinski definition) is 0. The summed E-state index contributed by atoms with van der Waals surface area (Å²) in [7, 11) is 0. The topological polar surface area (TPSA) is 45.7 Å². The second-order valence-electron chi connectivity index (χ2n) is 6.71. The summed E-state index contributed by atoms with van der Waals surface area (Å²) in [4.78, 5) is 20.9. The normalized spacial score (nSPS) is 20.2. The van der Waals surface area contributed by atoms with Crippen LogP contribution in [-0.2, 0) is 28.7 Å². The molecule has 28 heavy (non-hydrogen) atoms. The highest BCUT2D eigenvalue weighted by Gasteiger charge is 2.35. The predicted octanol–water partition coefficient (Wildman–Crippen LogP) is 3.09. The van der Waals surface area contributed by atoms with E-state index < -0.39 is 23.7 Å². The molecule has 0 N–H and O–H groups in total. The van der Waals surface area contributed by atoms with Gasteiger partial charge in [0.1, 0.15) is 0 Å². The number of ether oxygens (including phenoxy) is 1. The van der Waals surface area contributed by atoms with Crippen LogP contribution in [0.15, 0.2) is 23.7 Å². The molecule has 2 aliphatic rings. The highest BCUT2D eigenvalue weighted by atomic mass is 32.1. The fourth-order valence-corrected chi connectivity index (χ4v) is 4.34. The van der Waals surface area contributed by atoms with E-state index in [0.717, 1.165) is 12.0 Å². The lowest BCUT2D eigenvalue weighted by atomic mass is 10.1. The van der Waals surface area contributed by atoms with Crippen molar-refractivity contribution in [3.63, 3.8) is 0 Å². The number of thiophene rings is 1. The molecule has 4 rings (SSSR count). The summed E-state index contributed by atoms with van der Waals surface area (Å²) < 4.78 is 57.9. The van der Waals surface area contributed by atoms with Crippen LogP contribution in [0.25, 0.3) is 0 Å². The molecule has 1 amide bonds. The number of halogens is 4. The van der Waals surface area contributed by atoms with Crippen LogP contribution in [0, 0.1) is 5.82 Å². The SMILES string of the molecule is O=C(C1CN(c2ncc(C(F)(F)F)cc2F)CCO1)N1CCc2sccc2C1. The first kappa shape index (κ1) is 19.1. The predicted molar refractivity (Wildman–Crippen MR) is 94.6 cm³/mol. The second kappa shape index (κ2) is 7.32. The maximum atomic E-state index is 14.2. The van der Waals surface area contributed by atoms with Crippen molar-refractivity contribution in [3.8, 4) is 0 Å². The Bertz CT molecular complexity index is 886. The lowest BCUT2D eigenvalue weighted by Gasteiger charge is -2.36. The minimum atomic E-state index is -4.66. The number of hydrogen-bond acceptors (Lipinski definition) is 5. The number of carbonyl (C=O) groups is 1. The van der Waals surface area contributed by atoms with E-state index in [-0.39, 0.29) is 31.4 Å². The molecule has 150 valence electrons. The molecule has 4 heterocycles. The molecule has 5 nitrogen and oxygen atoms in total. The smallest absolute Gasteiger partial charge is 0.365 e. The van der Waals surface area contributed by atoms with Crippen molar-refractivity contribution in [2.24, 2.45) is 0 Å². The van der Waals surface area contributed by atoms with Crippen molar-refractivity contribution in [1.29, 1.82) is 0 Å². The minimum absolute atomic E-state index is 0.0428. The third-order valence-electron chi connectivity index (χ3n) is 4.91. The molecular formula is C18H17F4N3O2S. The van der Waals surface area contributed by atoms with Crippen LogP contribution in [0.2, 0.25) is 0 Å². The number of alkyl halides is 3. The average Bonchev–Trinajstić information content (AvgIpc) is 3.14. The summed E-state index contributed by atoms with van der Waals surface area (Å²) in [5, 5.41) is 2.00. The van der Waals surface area contributed by atoms with Gasteiger partial charge in [-0.05, 0) is 29.5 Å². The molecule has 1 fully saturated rings. The molecule has 2 aromatic heterocycles. The lowest BCUT2D eigenvalue weighted by Crippen LogP contribution is -2.52. The summed E-state index contributed by atoms with van der Waals surface area (Å²) in [6, 6.07) is 2.42. The van der Waals surface area contributed by atoms with Crippen molar-refractivity contribution in [2.45, 2.75) is 25.2 Å². The Kier molecular flexibility index (Phi) is 5.00. The van der Waals surface area contributed by atoms with Gasteiger partial charge in [0.15, 0.2) is 17.7 Å². The highest BCUT2D eigenvalue weighted by Crippen LogP contribution is 2.31. The molecule has 0 bridgehead atoms. The van der Waals surface area contributed by atoms with Crippen molar-refractivity contribution in [2.75, 3.05) is 31.1 Å². The Morgan fingerprint density at radius 2 is 2.14 bits per heavy atom. The molecule has 0 spiro atoms. The van der Waals surface area contributed by atoms with E-state index in [4.69, 9.17) is 4.74 Å². The summed E-state index contributed by atoms with van der Waals surface area (Å²) in [6.07, 6.45) is -4.08. The molecule has 1 saturated heterocycles. The summed E-state index contributed by atoms with van der Waals surface area (Å²) >= 11 is 1.67. The Hall–Kier alpha value is -2.20. The molecule has 0 radical (unpaired) electrons. The zero-order valence-corrected chi connectivity index (χ0v) is 15.5. The van der Waals surface area contributed by atoms with Gasteiger partial charge in [-0.15, -0.1) is 11.3 Å². The maximum absolute atomic E-state index is 14.2. The van der Waals surface area contributed by atoms with Crippen LogP contribution in [0.1, 0.15) is 16.0 Å². The van der Waals surface area contributed by atoms with Gasteiger partial charge in [-0.1, -0.05) is 0 Å². The quantitative estimate of drug-likeness (QED) is 0.708. The molecular weight excluding hydrogens is 398 g/mol. The van der Waals surface area contributed by atoms with E-state index >= 15 is 0 Å². The van der Waals surface area contributed by atoms with Crippen LogP contribution < -0.4 is 4.90 Å². The van der Waals surface area contributed by atoms with Gasteiger partial charge >= 0.3 is 6.18 Å². The minimum Gasteiger partial charge on any atom is -0.365 e. The molecule has 0 aliphatic carbocycles. The number of anilines is 1. The number of aromatic nitrogens is 1. The summed E-state index contributed by atoms with van der Waals surface area (Å²) in [5.74, 6) is -1.47. The largest absolute Gasteiger partial charge is 0.417 e. The summed E-state index contributed by atoms with van der Waals surface area (Å²) in [6.45, 7) is 1.54. The molecule has 2 aromatic rings. The van der Waals surface area contributed by atoms with E-state index in [2.05, 4.69) is 4.98 Å². The van der Waals surface area contributed by atoms with Gasteiger partial charge in [0.25, 0.3) is 5.91 Å².